The lowest BCUT2D eigenvalue weighted by molar-refractivity contribution is -0.186. The van der Waals surface area contributed by atoms with E-state index in [1.54, 1.807) is 20.8 Å². The Balaban J connectivity index is 2.85. The molecule has 1 fully saturated rings. The number of piperidine rings is 1. The third-order valence-electron chi connectivity index (χ3n) is 3.59. The zero-order valence-corrected chi connectivity index (χ0v) is 14.2. The van der Waals surface area contributed by atoms with E-state index in [9.17, 15) is 22.8 Å². The fourth-order valence-corrected chi connectivity index (χ4v) is 2.58. The van der Waals surface area contributed by atoms with E-state index in [-0.39, 0.29) is 6.54 Å². The van der Waals surface area contributed by atoms with Crippen LogP contribution in [0.1, 0.15) is 40.0 Å². The molecule has 140 valence electrons. The summed E-state index contributed by atoms with van der Waals surface area (Å²) in [5, 5.41) is 8.94. The topological polar surface area (TPSA) is 70.1 Å². The molecule has 1 heterocycles. The largest absolute Gasteiger partial charge is 0.471 e. The van der Waals surface area contributed by atoms with Gasteiger partial charge >= 0.3 is 18.2 Å². The van der Waals surface area contributed by atoms with Crippen LogP contribution in [-0.4, -0.2) is 71.0 Å². The van der Waals surface area contributed by atoms with E-state index in [1.165, 1.54) is 4.90 Å². The Hall–Kier alpha value is -1.51. The summed E-state index contributed by atoms with van der Waals surface area (Å²) in [4.78, 5) is 25.7. The maximum Gasteiger partial charge on any atom is 0.471 e. The average Bonchev–Trinajstić information content (AvgIpc) is 2.43. The molecule has 0 aromatic carbocycles. The average molecular weight is 354 g/mol. The minimum absolute atomic E-state index is 0.280. The van der Waals surface area contributed by atoms with Crippen LogP contribution in [0.5, 0.6) is 0 Å². The second kappa shape index (κ2) is 8.04. The molecule has 24 heavy (non-hydrogen) atoms. The highest BCUT2D eigenvalue weighted by atomic mass is 19.4. The highest BCUT2D eigenvalue weighted by Crippen LogP contribution is 2.24. The number of halogens is 3. The summed E-state index contributed by atoms with van der Waals surface area (Å²) in [6.45, 7) is 4.18. The second-order valence-corrected chi connectivity index (χ2v) is 6.80. The van der Waals surface area contributed by atoms with Gasteiger partial charge in [-0.15, -0.1) is 0 Å². The summed E-state index contributed by atoms with van der Waals surface area (Å²) in [6, 6.07) is -0.563. The van der Waals surface area contributed by atoms with Crippen molar-refractivity contribution in [3.8, 4) is 0 Å². The van der Waals surface area contributed by atoms with Crippen molar-refractivity contribution in [3.63, 3.8) is 0 Å². The van der Waals surface area contributed by atoms with Crippen LogP contribution in [0.2, 0.25) is 0 Å². The van der Waals surface area contributed by atoms with Crippen LogP contribution in [0.15, 0.2) is 0 Å². The van der Waals surface area contributed by atoms with Crippen LogP contribution >= 0.6 is 0 Å². The van der Waals surface area contributed by atoms with Crippen molar-refractivity contribution in [3.05, 3.63) is 0 Å². The van der Waals surface area contributed by atoms with Crippen molar-refractivity contribution in [2.75, 3.05) is 26.2 Å². The molecule has 1 saturated heterocycles. The molecule has 9 heteroatoms. The Morgan fingerprint density at radius 3 is 2.38 bits per heavy atom. The minimum Gasteiger partial charge on any atom is -0.444 e. The van der Waals surface area contributed by atoms with Crippen LogP contribution in [-0.2, 0) is 9.53 Å². The number of carbonyl (C=O) groups is 2. The predicted octanol–water partition coefficient (Wildman–Crippen LogP) is 2.16. The maximum absolute atomic E-state index is 12.7. The first-order valence-corrected chi connectivity index (χ1v) is 7.92. The molecular formula is C15H25F3N2O4. The quantitative estimate of drug-likeness (QED) is 0.840. The summed E-state index contributed by atoms with van der Waals surface area (Å²) in [5.74, 6) is -2.01. The normalized spacial score (nSPS) is 19.1. The molecule has 2 amide bonds. The molecule has 0 bridgehead atoms. The lowest BCUT2D eigenvalue weighted by Crippen LogP contribution is -2.54. The van der Waals surface area contributed by atoms with Gasteiger partial charge in [0, 0.05) is 19.6 Å². The number of nitrogens with zero attached hydrogens (tertiary/aromatic N) is 2. The standard InChI is InChI=1S/C15H25F3N2O4/c1-14(2,3)24-13(23)20-7-5-4-6-11(20)10-19(8-9-21)12(22)15(16,17)18/h11,21H,4-10H2,1-3H3. The summed E-state index contributed by atoms with van der Waals surface area (Å²) in [5.41, 5.74) is -0.717. The maximum atomic E-state index is 12.7. The first kappa shape index (κ1) is 20.5. The van der Waals surface area contributed by atoms with Crippen LogP contribution in [0, 0.1) is 0 Å². The molecule has 0 spiro atoms. The van der Waals surface area contributed by atoms with Crippen LogP contribution in [0.3, 0.4) is 0 Å². The zero-order chi connectivity index (χ0) is 18.5. The van der Waals surface area contributed by atoms with Gasteiger partial charge in [-0.1, -0.05) is 0 Å². The molecule has 1 rings (SSSR count). The van der Waals surface area contributed by atoms with Gasteiger partial charge < -0.3 is 19.6 Å². The van der Waals surface area contributed by atoms with Crippen LogP contribution in [0.25, 0.3) is 0 Å². The molecule has 0 aromatic heterocycles. The Kier molecular flexibility index (Phi) is 6.88. The van der Waals surface area contributed by atoms with E-state index in [1.807, 2.05) is 0 Å². The molecule has 1 aliphatic rings. The second-order valence-electron chi connectivity index (χ2n) is 6.80. The smallest absolute Gasteiger partial charge is 0.444 e. The summed E-state index contributed by atoms with van der Waals surface area (Å²) in [7, 11) is 0. The number of carbonyl (C=O) groups excluding carboxylic acids is 2. The Bertz CT molecular complexity index is 449. The monoisotopic (exact) mass is 354 g/mol. The van der Waals surface area contributed by atoms with Gasteiger partial charge in [0.1, 0.15) is 5.60 Å². The molecule has 1 atom stereocenters. The minimum atomic E-state index is -5.01. The lowest BCUT2D eigenvalue weighted by Gasteiger charge is -2.39. The van der Waals surface area contributed by atoms with E-state index in [4.69, 9.17) is 9.84 Å². The Morgan fingerprint density at radius 2 is 1.88 bits per heavy atom. The molecular weight excluding hydrogens is 329 g/mol. The predicted molar refractivity (Wildman–Crippen MR) is 80.3 cm³/mol. The van der Waals surface area contributed by atoms with Crippen LogP contribution in [0.4, 0.5) is 18.0 Å². The van der Waals surface area contributed by atoms with E-state index in [0.717, 1.165) is 12.8 Å². The summed E-state index contributed by atoms with van der Waals surface area (Å²) < 4.78 is 43.3. The molecule has 1 aliphatic heterocycles. The zero-order valence-electron chi connectivity index (χ0n) is 14.2. The van der Waals surface area contributed by atoms with Gasteiger partial charge in [-0.05, 0) is 40.0 Å². The number of aliphatic hydroxyl groups is 1. The van der Waals surface area contributed by atoms with Gasteiger partial charge in [-0.3, -0.25) is 4.79 Å². The molecule has 0 saturated carbocycles. The SMILES string of the molecule is CC(C)(C)OC(=O)N1CCCCC1CN(CCO)C(=O)C(F)(F)F. The van der Waals surface area contributed by atoms with Gasteiger partial charge in [-0.25, -0.2) is 4.79 Å². The highest BCUT2D eigenvalue weighted by molar-refractivity contribution is 5.82. The van der Waals surface area contributed by atoms with Crippen LogP contribution < -0.4 is 0 Å². The number of hydrogen-bond acceptors (Lipinski definition) is 4. The van der Waals surface area contributed by atoms with E-state index >= 15 is 0 Å². The molecule has 0 radical (unpaired) electrons. The molecule has 1 unspecified atom stereocenters. The third-order valence-corrected chi connectivity index (χ3v) is 3.59. The highest BCUT2D eigenvalue weighted by Gasteiger charge is 2.43. The number of hydrogen-bond donors (Lipinski definition) is 1. The summed E-state index contributed by atoms with van der Waals surface area (Å²) in [6.07, 6.45) is -3.66. The van der Waals surface area contributed by atoms with Crippen molar-refractivity contribution in [2.24, 2.45) is 0 Å². The number of amides is 2. The van der Waals surface area contributed by atoms with Crippen molar-refractivity contribution in [2.45, 2.75) is 57.9 Å². The Labute approximate surface area is 139 Å². The van der Waals surface area contributed by atoms with Crippen molar-refractivity contribution in [1.82, 2.24) is 9.80 Å². The molecule has 6 nitrogen and oxygen atoms in total. The number of alkyl halides is 3. The van der Waals surface area contributed by atoms with E-state index in [2.05, 4.69) is 0 Å². The lowest BCUT2D eigenvalue weighted by atomic mass is 10.0. The third kappa shape index (κ3) is 6.18. The van der Waals surface area contributed by atoms with Gasteiger partial charge in [0.25, 0.3) is 0 Å². The van der Waals surface area contributed by atoms with Crippen molar-refractivity contribution < 1.29 is 32.6 Å². The fourth-order valence-electron chi connectivity index (χ4n) is 2.58. The van der Waals surface area contributed by atoms with Gasteiger partial charge in [-0.2, -0.15) is 13.2 Å². The number of rotatable bonds is 4. The number of ether oxygens (including phenoxy) is 1. The first-order valence-electron chi connectivity index (χ1n) is 7.92. The fraction of sp³-hybridized carbons (Fsp3) is 0.867. The van der Waals surface area contributed by atoms with Gasteiger partial charge in [0.2, 0.25) is 0 Å². The first-order chi connectivity index (χ1) is 11.0. The number of likely N-dealkylation sites (tertiary alicyclic amines) is 1. The Morgan fingerprint density at radius 1 is 1.25 bits per heavy atom. The van der Waals surface area contributed by atoms with Gasteiger partial charge in [0.05, 0.1) is 12.6 Å². The number of aliphatic hydroxyl groups excluding tert-OH is 1. The molecule has 0 aromatic rings. The molecule has 1 N–H and O–H groups in total. The van der Waals surface area contributed by atoms with E-state index in [0.29, 0.717) is 17.9 Å². The van der Waals surface area contributed by atoms with Crippen molar-refractivity contribution >= 4 is 12.0 Å². The van der Waals surface area contributed by atoms with E-state index < -0.39 is 43.0 Å². The molecule has 0 aliphatic carbocycles. The summed E-state index contributed by atoms with van der Waals surface area (Å²) >= 11 is 0. The van der Waals surface area contributed by atoms with Gasteiger partial charge in [0.15, 0.2) is 0 Å². The van der Waals surface area contributed by atoms with Crippen molar-refractivity contribution in [1.29, 1.82) is 0 Å².